The minimum atomic E-state index is -0.521. The second-order valence-electron chi connectivity index (χ2n) is 19.9. The number of hydrogen-bond donors (Lipinski definition) is 10. The summed E-state index contributed by atoms with van der Waals surface area (Å²) in [5.74, 6) is 37.8. The predicted molar refractivity (Wildman–Crippen MR) is 445 cm³/mol. The molecule has 0 aliphatic heterocycles. The minimum Gasteiger partial charge on any atom is -0.333 e. The summed E-state index contributed by atoms with van der Waals surface area (Å²) in [4.78, 5) is 9.36. The number of benzene rings is 12. The summed E-state index contributed by atoms with van der Waals surface area (Å²) < 4.78 is 0. The Balaban J connectivity index is 0.000000679. The van der Waals surface area contributed by atoms with Crippen LogP contribution in [0.25, 0.3) is 0 Å². The summed E-state index contributed by atoms with van der Waals surface area (Å²) in [5.41, 5.74) is 51.3. The second-order valence-corrected chi connectivity index (χ2v) is 19.9. The van der Waals surface area contributed by atoms with Gasteiger partial charge in [-0.2, -0.15) is 0 Å². The molecule has 2 unspecified atom stereocenters. The SMILES string of the molecule is C(#Cc1ccc(C#Cc2ccccc2)cc1)c1ccccc1.C(#Cc1ccccc1)c1ccccc1.CN.CN.CN.CN.CN.CN.CN.CN.OOC(c1ccccc1)c1ccc(C#Cc2ccc(C#Cc3ccccc3)cc2)cc1.OOC(c1ccccc1)c1ccc(C#Cc2ccccc2)cc1. The van der Waals surface area contributed by atoms with Gasteiger partial charge in [0.05, 0.1) is 0 Å². The summed E-state index contributed by atoms with van der Waals surface area (Å²) in [6.45, 7) is 0. The quantitative estimate of drug-likeness (QED) is 0.0423. The van der Waals surface area contributed by atoms with Crippen LogP contribution in [0.5, 0.6) is 0 Å². The molecule has 12 aromatic carbocycles. The lowest BCUT2D eigenvalue weighted by Gasteiger charge is -2.14. The Labute approximate surface area is 631 Å². The summed E-state index contributed by atoms with van der Waals surface area (Å²) in [5, 5.41) is 18.6. The van der Waals surface area contributed by atoms with Gasteiger partial charge in [-0.25, -0.2) is 9.78 Å². The average molecular weight is 1410 g/mol. The maximum atomic E-state index is 9.34. The van der Waals surface area contributed by atoms with Gasteiger partial charge in [0.25, 0.3) is 0 Å². The molecule has 0 aliphatic rings. The third-order valence-electron chi connectivity index (χ3n) is 13.4. The molecule has 12 nitrogen and oxygen atoms in total. The molecule has 0 aromatic heterocycles. The molecule has 0 aliphatic carbocycles. The molecule has 0 radical (unpaired) electrons. The van der Waals surface area contributed by atoms with Crippen molar-refractivity contribution in [1.82, 2.24) is 0 Å². The molecule has 0 heterocycles. The summed E-state index contributed by atoms with van der Waals surface area (Å²) in [7, 11) is 12.0. The highest BCUT2D eigenvalue weighted by Crippen LogP contribution is 2.27. The lowest BCUT2D eigenvalue weighted by Crippen LogP contribution is -2.03. The van der Waals surface area contributed by atoms with E-state index in [-0.39, 0.29) is 0 Å². The monoisotopic (exact) mass is 1400 g/mol. The average Bonchev–Trinajstić information content (AvgIpc) is 0.844. The highest BCUT2D eigenvalue weighted by molar-refractivity contribution is 5.51. The van der Waals surface area contributed by atoms with Crippen LogP contribution >= 0.6 is 0 Å². The third kappa shape index (κ3) is 37.4. The van der Waals surface area contributed by atoms with Gasteiger partial charge in [-0.05, 0) is 224 Å². The van der Waals surface area contributed by atoms with Gasteiger partial charge in [-0.3, -0.25) is 10.5 Å². The molecule has 2 atom stereocenters. The molecule has 0 bridgehead atoms. The van der Waals surface area contributed by atoms with Crippen molar-refractivity contribution in [3.8, 4) is 71.0 Å². The van der Waals surface area contributed by atoms with Crippen LogP contribution in [0.3, 0.4) is 0 Å². The lowest BCUT2D eigenvalue weighted by molar-refractivity contribution is -0.270. The minimum absolute atomic E-state index is 0.493. The topological polar surface area (TPSA) is 267 Å². The first-order valence-electron chi connectivity index (χ1n) is 33.7. The van der Waals surface area contributed by atoms with Crippen LogP contribution in [0, 0.1) is 71.0 Å². The van der Waals surface area contributed by atoms with Crippen molar-refractivity contribution in [3.05, 3.63) is 429 Å². The zero-order valence-electron chi connectivity index (χ0n) is 61.8. The standard InChI is InChI=1S/C29H20O2.C22H14.C21H16O2.C14H10.8CH5N/c30-31-29(27-9-5-2-6-10-27)28-21-19-26(20-22-28)18-17-25-15-13-24(14-16-25)12-11-23-7-3-1-4-8-23;1-3-7-19(8-4-1)11-13-21-15-17-22(18-16-21)14-12-20-9-5-2-6-10-20;22-23-21(19-9-5-2-6-10-19)20-15-13-18(14-16-20)12-11-17-7-3-1-4-8-17;1-3-7-13(8-4-1)11-12-14-9-5-2-6-10-14;8*1-2/h1-10,13-16,19-22,29-30H;1-10,15-18H;1-10,13-16,21-22H;1-10H;8*2H2,1H3. The predicted octanol–water partition coefficient (Wildman–Crippen LogP) is 14.9. The Kier molecular flexibility index (Phi) is 53.8. The Morgan fingerprint density at radius 1 is 0.160 bits per heavy atom. The molecule has 0 spiro atoms. The van der Waals surface area contributed by atoms with Crippen molar-refractivity contribution in [3.63, 3.8) is 0 Å². The zero-order valence-corrected chi connectivity index (χ0v) is 61.8. The van der Waals surface area contributed by atoms with Crippen LogP contribution in [0.4, 0.5) is 0 Å². The maximum absolute atomic E-state index is 9.34. The van der Waals surface area contributed by atoms with E-state index in [0.717, 1.165) is 89.0 Å². The van der Waals surface area contributed by atoms with E-state index in [1.807, 2.05) is 340 Å². The fourth-order valence-electron chi connectivity index (χ4n) is 8.64. The molecular weight excluding hydrogens is 1310 g/mol. The fourth-order valence-corrected chi connectivity index (χ4v) is 8.64. The van der Waals surface area contributed by atoms with Crippen molar-refractivity contribution in [1.29, 1.82) is 0 Å². The second kappa shape index (κ2) is 62.3. The van der Waals surface area contributed by atoms with Crippen LogP contribution in [0.15, 0.2) is 340 Å². The first-order valence-corrected chi connectivity index (χ1v) is 33.7. The van der Waals surface area contributed by atoms with E-state index < -0.39 is 12.2 Å². The Morgan fingerprint density at radius 2 is 0.264 bits per heavy atom. The van der Waals surface area contributed by atoms with Gasteiger partial charge in [0.15, 0.2) is 0 Å². The normalized spacial score (nSPS) is 9.15. The van der Waals surface area contributed by atoms with Crippen molar-refractivity contribution in [2.45, 2.75) is 12.2 Å². The van der Waals surface area contributed by atoms with Crippen molar-refractivity contribution in [2.75, 3.05) is 56.4 Å². The molecule has 0 saturated carbocycles. The Bertz CT molecular complexity index is 4410. The molecule has 540 valence electrons. The van der Waals surface area contributed by atoms with Gasteiger partial charge in [-0.1, -0.05) is 265 Å². The molecule has 18 N–H and O–H groups in total. The van der Waals surface area contributed by atoms with Gasteiger partial charge in [0, 0.05) is 66.8 Å². The van der Waals surface area contributed by atoms with Crippen molar-refractivity contribution >= 4 is 0 Å². The first kappa shape index (κ1) is 91.5. The van der Waals surface area contributed by atoms with Crippen LogP contribution in [0.1, 0.15) is 101 Å². The molecule has 12 aromatic rings. The van der Waals surface area contributed by atoms with Crippen molar-refractivity contribution < 1.29 is 20.3 Å². The van der Waals surface area contributed by atoms with Crippen LogP contribution in [-0.4, -0.2) is 66.9 Å². The highest BCUT2D eigenvalue weighted by atomic mass is 17.1. The lowest BCUT2D eigenvalue weighted by atomic mass is 10.0. The largest absolute Gasteiger partial charge is 0.333 e. The summed E-state index contributed by atoms with van der Waals surface area (Å²) in [6, 6.07) is 110. The Morgan fingerprint density at radius 3 is 0.396 bits per heavy atom. The fraction of sp³-hybridized carbons (Fsp3) is 0.106. The molecule has 0 amide bonds. The van der Waals surface area contributed by atoms with E-state index >= 15 is 0 Å². The van der Waals surface area contributed by atoms with Crippen LogP contribution in [0.2, 0.25) is 0 Å². The summed E-state index contributed by atoms with van der Waals surface area (Å²) in [6.07, 6.45) is -1.01. The molecule has 12 rings (SSSR count). The van der Waals surface area contributed by atoms with Gasteiger partial charge < -0.3 is 45.9 Å². The zero-order chi connectivity index (χ0) is 77.9. The molecule has 106 heavy (non-hydrogen) atoms. The van der Waals surface area contributed by atoms with Gasteiger partial charge in [0.2, 0.25) is 0 Å². The van der Waals surface area contributed by atoms with E-state index in [1.165, 1.54) is 56.4 Å². The van der Waals surface area contributed by atoms with Crippen LogP contribution in [-0.2, 0) is 9.78 Å². The molecule has 0 fully saturated rings. The van der Waals surface area contributed by atoms with E-state index in [2.05, 4.69) is 122 Å². The highest BCUT2D eigenvalue weighted by Gasteiger charge is 2.15. The first-order chi connectivity index (χ1) is 52.5. The van der Waals surface area contributed by atoms with E-state index in [4.69, 9.17) is 4.89 Å². The third-order valence-corrected chi connectivity index (χ3v) is 13.4. The van der Waals surface area contributed by atoms with E-state index in [1.54, 1.807) is 0 Å². The molecule has 0 saturated heterocycles. The smallest absolute Gasteiger partial charge is 0.143 e. The molecule has 12 heteroatoms. The van der Waals surface area contributed by atoms with Gasteiger partial charge in [0.1, 0.15) is 12.2 Å². The van der Waals surface area contributed by atoms with Gasteiger partial charge in [-0.15, -0.1) is 0 Å². The van der Waals surface area contributed by atoms with E-state index in [9.17, 15) is 10.5 Å². The Hall–Kier alpha value is -12.5. The van der Waals surface area contributed by atoms with Crippen molar-refractivity contribution in [2.24, 2.45) is 45.9 Å². The number of hydrogen-bond acceptors (Lipinski definition) is 12. The van der Waals surface area contributed by atoms with Gasteiger partial charge >= 0.3 is 0 Å². The number of rotatable bonds is 6. The maximum Gasteiger partial charge on any atom is 0.143 e. The van der Waals surface area contributed by atoms with E-state index in [0.29, 0.717) is 0 Å². The number of nitrogens with two attached hydrogens (primary N) is 8. The summed E-state index contributed by atoms with van der Waals surface area (Å²) >= 11 is 0. The molecular formula is C94H100N8O4. The van der Waals surface area contributed by atoms with Crippen LogP contribution < -0.4 is 45.9 Å².